The van der Waals surface area contributed by atoms with Gasteiger partial charge in [-0.3, -0.25) is 4.79 Å². The largest absolute Gasteiger partial charge is 0.496 e. The fraction of sp³-hybridized carbons (Fsp3) is 0.500. The number of methoxy groups -OCH3 is 1. The molecule has 4 heteroatoms. The van der Waals surface area contributed by atoms with Crippen LogP contribution in [0.25, 0.3) is 0 Å². The van der Waals surface area contributed by atoms with Crippen molar-refractivity contribution in [2.45, 2.75) is 31.6 Å². The van der Waals surface area contributed by atoms with Crippen LogP contribution in [-0.2, 0) is 4.79 Å². The molecule has 0 aromatic heterocycles. The smallest absolute Gasteiger partial charge is 0.306 e. The predicted molar refractivity (Wildman–Crippen MR) is 73.0 cm³/mol. The van der Waals surface area contributed by atoms with Crippen molar-refractivity contribution in [1.29, 1.82) is 0 Å². The lowest BCUT2D eigenvalue weighted by Gasteiger charge is -2.27. The number of carboxylic acid groups (broad SMARTS) is 1. The Labute approximate surface area is 115 Å². The van der Waals surface area contributed by atoms with Crippen molar-refractivity contribution < 1.29 is 14.6 Å². The minimum atomic E-state index is -0.658. The lowest BCUT2D eigenvalue weighted by atomic mass is 9.78. The van der Waals surface area contributed by atoms with Crippen molar-refractivity contribution in [3.8, 4) is 5.75 Å². The molecule has 0 radical (unpaired) electrons. The van der Waals surface area contributed by atoms with Gasteiger partial charge in [0, 0.05) is 4.47 Å². The van der Waals surface area contributed by atoms with E-state index >= 15 is 0 Å². The zero-order valence-corrected chi connectivity index (χ0v) is 11.9. The van der Waals surface area contributed by atoms with E-state index in [1.165, 1.54) is 5.56 Å². The molecule has 0 bridgehead atoms. The molecule has 1 fully saturated rings. The first-order valence-electron chi connectivity index (χ1n) is 6.18. The Kier molecular flexibility index (Phi) is 4.27. The maximum absolute atomic E-state index is 10.9. The van der Waals surface area contributed by atoms with Gasteiger partial charge in [-0.1, -0.05) is 15.9 Å². The molecule has 0 heterocycles. The Bertz CT molecular complexity index is 437. The zero-order valence-electron chi connectivity index (χ0n) is 10.4. The molecule has 1 aromatic carbocycles. The quantitative estimate of drug-likeness (QED) is 0.923. The summed E-state index contributed by atoms with van der Waals surface area (Å²) >= 11 is 3.48. The molecule has 0 aliphatic heterocycles. The van der Waals surface area contributed by atoms with Crippen molar-refractivity contribution in [2.24, 2.45) is 5.92 Å². The summed E-state index contributed by atoms with van der Waals surface area (Å²) in [6, 6.07) is 6.01. The topological polar surface area (TPSA) is 46.5 Å². The van der Waals surface area contributed by atoms with Crippen molar-refractivity contribution in [3.63, 3.8) is 0 Å². The van der Waals surface area contributed by atoms with E-state index in [0.717, 1.165) is 35.9 Å². The highest BCUT2D eigenvalue weighted by Crippen LogP contribution is 2.40. The van der Waals surface area contributed by atoms with Crippen molar-refractivity contribution in [3.05, 3.63) is 28.2 Å². The van der Waals surface area contributed by atoms with E-state index in [4.69, 9.17) is 9.84 Å². The monoisotopic (exact) mass is 312 g/mol. The molecule has 1 N–H and O–H groups in total. The summed E-state index contributed by atoms with van der Waals surface area (Å²) in [5.74, 6) is 0.485. The Morgan fingerprint density at radius 1 is 1.33 bits per heavy atom. The molecular formula is C14H17BrO3. The third-order valence-electron chi connectivity index (χ3n) is 3.71. The van der Waals surface area contributed by atoms with E-state index in [0.29, 0.717) is 5.92 Å². The van der Waals surface area contributed by atoms with Crippen molar-refractivity contribution in [1.82, 2.24) is 0 Å². The molecule has 3 nitrogen and oxygen atoms in total. The van der Waals surface area contributed by atoms with E-state index in [1.54, 1.807) is 7.11 Å². The Balaban J connectivity index is 2.14. The first-order valence-corrected chi connectivity index (χ1v) is 6.97. The molecule has 1 aliphatic rings. The van der Waals surface area contributed by atoms with Gasteiger partial charge in [0.15, 0.2) is 0 Å². The summed E-state index contributed by atoms with van der Waals surface area (Å²) < 4.78 is 6.43. The SMILES string of the molecule is COc1ccc(Br)cc1C1CCC(C(=O)O)CC1. The number of halogens is 1. The van der Waals surface area contributed by atoms with Crippen molar-refractivity contribution in [2.75, 3.05) is 7.11 Å². The number of carbonyl (C=O) groups is 1. The second-order valence-corrected chi connectivity index (χ2v) is 5.69. The van der Waals surface area contributed by atoms with E-state index in [9.17, 15) is 4.79 Å². The van der Waals surface area contributed by atoms with Crippen LogP contribution in [0.4, 0.5) is 0 Å². The van der Waals surface area contributed by atoms with Crippen LogP contribution in [0.1, 0.15) is 37.2 Å². The van der Waals surface area contributed by atoms with Gasteiger partial charge in [0.1, 0.15) is 5.75 Å². The van der Waals surface area contributed by atoms with Crippen LogP contribution in [0, 0.1) is 5.92 Å². The Morgan fingerprint density at radius 3 is 2.56 bits per heavy atom. The van der Waals surface area contributed by atoms with Crippen LogP contribution in [-0.4, -0.2) is 18.2 Å². The first-order chi connectivity index (χ1) is 8.61. The number of rotatable bonds is 3. The number of benzene rings is 1. The Morgan fingerprint density at radius 2 is 2.00 bits per heavy atom. The summed E-state index contributed by atoms with van der Waals surface area (Å²) in [6.45, 7) is 0. The van der Waals surface area contributed by atoms with Crippen molar-refractivity contribution >= 4 is 21.9 Å². The molecule has 0 atom stereocenters. The number of hydrogen-bond acceptors (Lipinski definition) is 2. The van der Waals surface area contributed by atoms with Gasteiger partial charge in [-0.05, 0) is 55.4 Å². The normalized spacial score (nSPS) is 23.7. The summed E-state index contributed by atoms with van der Waals surface area (Å²) in [7, 11) is 1.68. The molecule has 2 rings (SSSR count). The predicted octanol–water partition coefficient (Wildman–Crippen LogP) is 3.82. The molecule has 0 unspecified atom stereocenters. The second kappa shape index (κ2) is 5.74. The Hall–Kier alpha value is -1.03. The minimum Gasteiger partial charge on any atom is -0.496 e. The van der Waals surface area contributed by atoms with E-state index in [-0.39, 0.29) is 5.92 Å². The summed E-state index contributed by atoms with van der Waals surface area (Å²) in [4.78, 5) is 10.9. The molecule has 1 aliphatic carbocycles. The number of carboxylic acids is 1. The van der Waals surface area contributed by atoms with Gasteiger partial charge in [0.2, 0.25) is 0 Å². The standard InChI is InChI=1S/C14H17BrO3/c1-18-13-7-6-11(15)8-12(13)9-2-4-10(5-3-9)14(16)17/h6-10H,2-5H2,1H3,(H,16,17). The molecule has 18 heavy (non-hydrogen) atoms. The molecule has 98 valence electrons. The fourth-order valence-electron chi connectivity index (χ4n) is 2.68. The van der Waals surface area contributed by atoms with Crippen LogP contribution < -0.4 is 4.74 Å². The molecule has 0 spiro atoms. The second-order valence-electron chi connectivity index (χ2n) is 4.77. The van der Waals surface area contributed by atoms with Gasteiger partial charge < -0.3 is 9.84 Å². The molecule has 0 saturated heterocycles. The third kappa shape index (κ3) is 2.86. The average Bonchev–Trinajstić information content (AvgIpc) is 2.39. The highest BCUT2D eigenvalue weighted by atomic mass is 79.9. The van der Waals surface area contributed by atoms with Gasteiger partial charge in [-0.2, -0.15) is 0 Å². The van der Waals surface area contributed by atoms with Gasteiger partial charge in [-0.25, -0.2) is 0 Å². The lowest BCUT2D eigenvalue weighted by Crippen LogP contribution is -2.20. The summed E-state index contributed by atoms with van der Waals surface area (Å²) in [5.41, 5.74) is 1.19. The van der Waals surface area contributed by atoms with E-state index in [2.05, 4.69) is 22.0 Å². The van der Waals surface area contributed by atoms with E-state index in [1.807, 2.05) is 12.1 Å². The number of hydrogen-bond donors (Lipinski definition) is 1. The maximum atomic E-state index is 10.9. The van der Waals surface area contributed by atoms with Crippen LogP contribution >= 0.6 is 15.9 Å². The summed E-state index contributed by atoms with van der Waals surface area (Å²) in [6.07, 6.45) is 3.36. The highest BCUT2D eigenvalue weighted by molar-refractivity contribution is 9.10. The fourth-order valence-corrected chi connectivity index (χ4v) is 3.05. The molecule has 1 aromatic rings. The van der Waals surface area contributed by atoms with Crippen LogP contribution in [0.5, 0.6) is 5.75 Å². The van der Waals surface area contributed by atoms with Crippen LogP contribution in [0.3, 0.4) is 0 Å². The third-order valence-corrected chi connectivity index (χ3v) is 4.20. The zero-order chi connectivity index (χ0) is 13.1. The van der Waals surface area contributed by atoms with Crippen LogP contribution in [0.2, 0.25) is 0 Å². The first kappa shape index (κ1) is 13.4. The molecule has 0 amide bonds. The van der Waals surface area contributed by atoms with Gasteiger partial charge in [-0.15, -0.1) is 0 Å². The van der Waals surface area contributed by atoms with Gasteiger partial charge >= 0.3 is 5.97 Å². The van der Waals surface area contributed by atoms with Gasteiger partial charge in [0.25, 0.3) is 0 Å². The highest BCUT2D eigenvalue weighted by Gasteiger charge is 2.28. The lowest BCUT2D eigenvalue weighted by molar-refractivity contribution is -0.142. The van der Waals surface area contributed by atoms with Gasteiger partial charge in [0.05, 0.1) is 13.0 Å². The number of aliphatic carboxylic acids is 1. The average molecular weight is 313 g/mol. The van der Waals surface area contributed by atoms with E-state index < -0.39 is 5.97 Å². The minimum absolute atomic E-state index is 0.167. The maximum Gasteiger partial charge on any atom is 0.306 e. The summed E-state index contributed by atoms with van der Waals surface area (Å²) in [5, 5.41) is 9.01. The molecular weight excluding hydrogens is 296 g/mol. The van der Waals surface area contributed by atoms with Crippen LogP contribution in [0.15, 0.2) is 22.7 Å². The number of ether oxygens (including phenoxy) is 1. The molecule has 1 saturated carbocycles.